The molecule has 4 rings (SSSR count). The number of aliphatic imine (C=N–C) groups is 1. The van der Waals surface area contributed by atoms with Gasteiger partial charge in [0.1, 0.15) is 29.1 Å². The molecular formula is C23H21F4N3O5S. The van der Waals surface area contributed by atoms with Gasteiger partial charge in [0.2, 0.25) is 0 Å². The van der Waals surface area contributed by atoms with Gasteiger partial charge >= 0.3 is 12.1 Å². The predicted octanol–water partition coefficient (Wildman–Crippen LogP) is 4.08. The molecule has 1 aromatic heterocycles. The number of carbonyl (C=O) groups is 2. The number of rotatable bonds is 6. The molecule has 2 aromatic rings. The molecule has 1 aromatic carbocycles. The van der Waals surface area contributed by atoms with Gasteiger partial charge in [-0.25, -0.2) is 27.3 Å². The van der Waals surface area contributed by atoms with Gasteiger partial charge in [-0.2, -0.15) is 0 Å². The average Bonchev–Trinajstić information content (AvgIpc) is 3.38. The number of thiophene rings is 1. The lowest BCUT2D eigenvalue weighted by molar-refractivity contribution is -0.142. The number of aliphatic carboxylic acids is 1. The van der Waals surface area contributed by atoms with Gasteiger partial charge in [0, 0.05) is 18.3 Å². The summed E-state index contributed by atoms with van der Waals surface area (Å²) in [7, 11) is 1.07. The van der Waals surface area contributed by atoms with E-state index in [1.165, 1.54) is 42.6 Å². The number of nitrogens with one attached hydrogen (secondary N) is 1. The number of nitrogens with zero attached hydrogens (tertiary/aromatic N) is 2. The first-order valence-corrected chi connectivity index (χ1v) is 11.5. The first-order chi connectivity index (χ1) is 16.9. The second kappa shape index (κ2) is 9.54. The van der Waals surface area contributed by atoms with Gasteiger partial charge in [-0.1, -0.05) is 12.1 Å². The van der Waals surface area contributed by atoms with Crippen LogP contribution in [-0.4, -0.2) is 60.1 Å². The summed E-state index contributed by atoms with van der Waals surface area (Å²) in [4.78, 5) is 29.9. The first-order valence-electron chi connectivity index (χ1n) is 10.6. The Morgan fingerprint density at radius 2 is 1.94 bits per heavy atom. The third kappa shape index (κ3) is 5.07. The van der Waals surface area contributed by atoms with Crippen LogP contribution in [0, 0.1) is 11.6 Å². The van der Waals surface area contributed by atoms with Crippen LogP contribution in [0.2, 0.25) is 0 Å². The summed E-state index contributed by atoms with van der Waals surface area (Å²) < 4.78 is 65.9. The van der Waals surface area contributed by atoms with Crippen molar-refractivity contribution in [2.45, 2.75) is 30.8 Å². The molecule has 0 bridgehead atoms. The zero-order valence-corrected chi connectivity index (χ0v) is 19.9. The van der Waals surface area contributed by atoms with E-state index >= 15 is 0 Å². The Hall–Kier alpha value is -3.45. The van der Waals surface area contributed by atoms with E-state index < -0.39 is 60.8 Å². The molecule has 0 amide bonds. The van der Waals surface area contributed by atoms with Crippen molar-refractivity contribution >= 4 is 29.3 Å². The minimum Gasteiger partial charge on any atom is -0.480 e. The van der Waals surface area contributed by atoms with Crippen molar-refractivity contribution in [3.05, 3.63) is 69.2 Å². The Balaban J connectivity index is 1.86. The van der Waals surface area contributed by atoms with E-state index in [4.69, 9.17) is 4.74 Å². The number of methoxy groups -OCH3 is 1. The van der Waals surface area contributed by atoms with Crippen LogP contribution < -0.4 is 5.32 Å². The average molecular weight is 527 g/mol. The quantitative estimate of drug-likeness (QED) is 0.431. The molecule has 0 radical (unpaired) electrons. The number of carboxylic acid groups (broad SMARTS) is 1. The fourth-order valence-electron chi connectivity index (χ4n) is 4.21. The number of likely N-dealkylation sites (tertiary alicyclic amines) is 1. The highest BCUT2D eigenvalue weighted by molar-refractivity contribution is 7.12. The van der Waals surface area contributed by atoms with Crippen LogP contribution in [0.3, 0.4) is 0 Å². The number of carboxylic acids is 1. The van der Waals surface area contributed by atoms with Crippen LogP contribution in [0.25, 0.3) is 0 Å². The van der Waals surface area contributed by atoms with Gasteiger partial charge in [-0.05, 0) is 30.7 Å². The smallest absolute Gasteiger partial charge is 0.480 e. The van der Waals surface area contributed by atoms with E-state index in [1.807, 2.05) is 0 Å². The molecule has 0 aliphatic carbocycles. The molecule has 36 heavy (non-hydrogen) atoms. The summed E-state index contributed by atoms with van der Waals surface area (Å²) in [5, 5.41) is 13.7. The summed E-state index contributed by atoms with van der Waals surface area (Å²) in [6, 6.07) is 4.83. The van der Waals surface area contributed by atoms with E-state index in [0.717, 1.165) is 23.3 Å². The highest BCUT2D eigenvalue weighted by atomic mass is 32.1. The second-order valence-corrected chi connectivity index (χ2v) is 9.39. The van der Waals surface area contributed by atoms with Crippen LogP contribution in [0.1, 0.15) is 23.8 Å². The van der Waals surface area contributed by atoms with E-state index in [2.05, 4.69) is 15.0 Å². The van der Waals surface area contributed by atoms with Gasteiger partial charge in [0.15, 0.2) is 5.76 Å². The third-order valence-electron chi connectivity index (χ3n) is 5.89. The Bertz CT molecular complexity index is 1250. The normalized spacial score (nSPS) is 23.7. The van der Waals surface area contributed by atoms with Crippen molar-refractivity contribution in [2.24, 2.45) is 4.99 Å². The number of hydrogen-bond donors (Lipinski definition) is 2. The van der Waals surface area contributed by atoms with E-state index in [0.29, 0.717) is 10.4 Å². The number of hydrogen-bond acceptors (Lipinski definition) is 8. The molecule has 8 nitrogen and oxygen atoms in total. The van der Waals surface area contributed by atoms with Gasteiger partial charge < -0.3 is 19.9 Å². The Labute approximate surface area is 206 Å². The van der Waals surface area contributed by atoms with Crippen LogP contribution in [0.15, 0.2) is 52.2 Å². The van der Waals surface area contributed by atoms with Crippen molar-refractivity contribution in [2.75, 3.05) is 20.2 Å². The monoisotopic (exact) mass is 527 g/mol. The maximum absolute atomic E-state index is 14.2. The maximum Gasteiger partial charge on any atom is 0.513 e. The second-order valence-electron chi connectivity index (χ2n) is 8.48. The molecule has 0 saturated carbocycles. The Kier molecular flexibility index (Phi) is 6.80. The van der Waals surface area contributed by atoms with Crippen LogP contribution in [-0.2, 0) is 19.8 Å². The fourth-order valence-corrected chi connectivity index (χ4v) is 4.91. The SMILES string of the molecule is COC(=O)OC1=C(CN2CC(F)(F)C[C@H]2C(=O)O)NC(c2cc(F)cs2)=N[C@@]1(C)c1ccc(F)cc1. The highest BCUT2D eigenvalue weighted by Gasteiger charge is 2.49. The predicted molar refractivity (Wildman–Crippen MR) is 121 cm³/mol. The Morgan fingerprint density at radius 1 is 1.25 bits per heavy atom. The number of amidine groups is 1. The molecule has 0 spiro atoms. The topological polar surface area (TPSA) is 100 Å². The zero-order valence-electron chi connectivity index (χ0n) is 19.1. The molecule has 192 valence electrons. The van der Waals surface area contributed by atoms with Crippen LogP contribution in [0.5, 0.6) is 0 Å². The van der Waals surface area contributed by atoms with E-state index in [-0.39, 0.29) is 17.3 Å². The summed E-state index contributed by atoms with van der Waals surface area (Å²) >= 11 is 1.01. The third-order valence-corrected chi connectivity index (χ3v) is 6.80. The van der Waals surface area contributed by atoms with Gasteiger partial charge in [-0.3, -0.25) is 9.69 Å². The molecule has 2 N–H and O–H groups in total. The molecular weight excluding hydrogens is 506 g/mol. The highest BCUT2D eigenvalue weighted by Crippen LogP contribution is 2.41. The minimum atomic E-state index is -3.25. The zero-order chi connectivity index (χ0) is 26.3. The van der Waals surface area contributed by atoms with E-state index in [9.17, 15) is 32.3 Å². The van der Waals surface area contributed by atoms with Crippen molar-refractivity contribution < 1.29 is 41.7 Å². The van der Waals surface area contributed by atoms with Gasteiger partial charge in [0.25, 0.3) is 5.92 Å². The lowest BCUT2D eigenvalue weighted by atomic mass is 9.87. The number of alkyl halides is 2. The largest absolute Gasteiger partial charge is 0.513 e. The number of halogens is 4. The van der Waals surface area contributed by atoms with Gasteiger partial charge in [-0.15, -0.1) is 11.3 Å². The molecule has 2 atom stereocenters. The summed E-state index contributed by atoms with van der Waals surface area (Å²) in [5.74, 6) is -5.80. The summed E-state index contributed by atoms with van der Waals surface area (Å²) in [6.45, 7) is 0.285. The minimum absolute atomic E-state index is 0.0370. The van der Waals surface area contributed by atoms with Crippen molar-refractivity contribution in [1.29, 1.82) is 0 Å². The van der Waals surface area contributed by atoms with Crippen molar-refractivity contribution in [1.82, 2.24) is 10.2 Å². The van der Waals surface area contributed by atoms with Gasteiger partial charge in [0.05, 0.1) is 24.2 Å². The Morgan fingerprint density at radius 3 is 2.53 bits per heavy atom. The number of ether oxygens (including phenoxy) is 2. The van der Waals surface area contributed by atoms with E-state index in [1.54, 1.807) is 0 Å². The molecule has 1 saturated heterocycles. The standard InChI is InChI=1S/C23H21F4N3O5S/c1-22(12-3-5-13(24)6-4-12)18(35-21(33)34-2)15(28-19(29-22)17-7-14(25)10-36-17)9-30-11-23(26,27)8-16(30)20(31)32/h3-7,10,16H,8-9,11H2,1-2H3,(H,28,29)(H,31,32)/t16-,22-/m0/s1. The summed E-state index contributed by atoms with van der Waals surface area (Å²) in [5.41, 5.74) is -1.13. The molecule has 3 heterocycles. The van der Waals surface area contributed by atoms with Crippen molar-refractivity contribution in [3.8, 4) is 0 Å². The molecule has 13 heteroatoms. The van der Waals surface area contributed by atoms with Crippen LogP contribution in [0.4, 0.5) is 22.4 Å². The summed E-state index contributed by atoms with van der Waals surface area (Å²) in [6.07, 6.45) is -2.03. The molecule has 0 unspecified atom stereocenters. The molecule has 1 fully saturated rings. The molecule has 2 aliphatic heterocycles. The number of benzene rings is 1. The van der Waals surface area contributed by atoms with Crippen LogP contribution >= 0.6 is 11.3 Å². The number of carbonyl (C=O) groups excluding carboxylic acids is 1. The maximum atomic E-state index is 14.2. The lowest BCUT2D eigenvalue weighted by Crippen LogP contribution is -2.46. The first kappa shape index (κ1) is 25.6. The lowest BCUT2D eigenvalue weighted by Gasteiger charge is -2.36. The fraction of sp³-hybridized carbons (Fsp3) is 0.348. The van der Waals surface area contributed by atoms with Crippen molar-refractivity contribution in [3.63, 3.8) is 0 Å². The molecule has 2 aliphatic rings.